The maximum atomic E-state index is 11.2. The molecular formula is C9H11NO4. The lowest BCUT2D eigenvalue weighted by Gasteiger charge is -2.04. The average Bonchev–Trinajstić information content (AvgIpc) is 2.18. The Morgan fingerprint density at radius 3 is 2.86 bits per heavy atom. The largest absolute Gasteiger partial charge is 0.503 e. The molecule has 14 heavy (non-hydrogen) atoms. The van der Waals surface area contributed by atoms with Gasteiger partial charge in [-0.3, -0.25) is 0 Å². The molecule has 0 aromatic carbocycles. The average molecular weight is 197 g/mol. The van der Waals surface area contributed by atoms with Crippen molar-refractivity contribution in [3.05, 3.63) is 17.8 Å². The van der Waals surface area contributed by atoms with Gasteiger partial charge in [-0.25, -0.2) is 9.78 Å². The molecule has 1 rings (SSSR count). The second-order valence-electron chi connectivity index (χ2n) is 2.47. The fourth-order valence-electron chi connectivity index (χ4n) is 0.924. The zero-order chi connectivity index (χ0) is 10.6. The second kappa shape index (κ2) is 4.45. The minimum absolute atomic E-state index is 0.0815. The summed E-state index contributed by atoms with van der Waals surface area (Å²) in [5, 5.41) is 9.31. The van der Waals surface area contributed by atoms with E-state index in [1.807, 2.05) is 0 Å². The molecule has 0 aliphatic rings. The molecule has 0 aliphatic carbocycles. The molecule has 0 fully saturated rings. The molecule has 0 saturated carbocycles. The Hall–Kier alpha value is -1.78. The minimum atomic E-state index is -0.516. The van der Waals surface area contributed by atoms with Crippen LogP contribution in [-0.2, 0) is 4.74 Å². The second-order valence-corrected chi connectivity index (χ2v) is 2.47. The SMILES string of the molecule is CCOC(=O)c1cnc(OC)c(O)c1. The molecule has 1 heterocycles. The number of rotatable bonds is 3. The molecule has 1 aromatic heterocycles. The van der Waals surface area contributed by atoms with Crippen molar-refractivity contribution >= 4 is 5.97 Å². The van der Waals surface area contributed by atoms with Gasteiger partial charge in [0.15, 0.2) is 5.75 Å². The molecule has 0 unspecified atom stereocenters. The standard InChI is InChI=1S/C9H11NO4/c1-3-14-9(12)6-4-7(11)8(13-2)10-5-6/h4-5,11H,3H2,1-2H3. The fraction of sp³-hybridized carbons (Fsp3) is 0.333. The van der Waals surface area contributed by atoms with Crippen molar-refractivity contribution in [1.29, 1.82) is 0 Å². The molecule has 1 aromatic rings. The number of aromatic hydroxyl groups is 1. The lowest BCUT2D eigenvalue weighted by atomic mass is 10.3. The highest BCUT2D eigenvalue weighted by atomic mass is 16.5. The maximum absolute atomic E-state index is 11.2. The van der Waals surface area contributed by atoms with E-state index in [0.29, 0.717) is 0 Å². The van der Waals surface area contributed by atoms with Crippen molar-refractivity contribution in [2.24, 2.45) is 0 Å². The number of pyridine rings is 1. The van der Waals surface area contributed by atoms with Crippen LogP contribution < -0.4 is 4.74 Å². The summed E-state index contributed by atoms with van der Waals surface area (Å²) in [5.41, 5.74) is 0.199. The van der Waals surface area contributed by atoms with Crippen LogP contribution in [-0.4, -0.2) is 29.8 Å². The molecule has 1 N–H and O–H groups in total. The highest BCUT2D eigenvalue weighted by Gasteiger charge is 2.10. The molecule has 5 nitrogen and oxygen atoms in total. The summed E-state index contributed by atoms with van der Waals surface area (Å²) in [7, 11) is 1.38. The Bertz CT molecular complexity index is 338. The van der Waals surface area contributed by atoms with Crippen LogP contribution >= 0.6 is 0 Å². The first-order chi connectivity index (χ1) is 6.69. The van der Waals surface area contributed by atoms with Crippen LogP contribution in [0.2, 0.25) is 0 Å². The normalized spacial score (nSPS) is 9.57. The highest BCUT2D eigenvalue weighted by molar-refractivity contribution is 5.89. The summed E-state index contributed by atoms with van der Waals surface area (Å²) in [6.45, 7) is 1.99. The first-order valence-electron chi connectivity index (χ1n) is 4.09. The molecule has 5 heteroatoms. The predicted molar refractivity (Wildman–Crippen MR) is 48.4 cm³/mol. The molecule has 76 valence electrons. The van der Waals surface area contributed by atoms with Crippen molar-refractivity contribution in [3.8, 4) is 11.6 Å². The zero-order valence-corrected chi connectivity index (χ0v) is 7.98. The van der Waals surface area contributed by atoms with Gasteiger partial charge in [-0.15, -0.1) is 0 Å². The molecule has 0 saturated heterocycles. The number of nitrogens with zero attached hydrogens (tertiary/aromatic N) is 1. The van der Waals surface area contributed by atoms with Crippen LogP contribution in [0.1, 0.15) is 17.3 Å². The van der Waals surface area contributed by atoms with Crippen LogP contribution in [0.15, 0.2) is 12.3 Å². The van der Waals surface area contributed by atoms with Crippen molar-refractivity contribution < 1.29 is 19.4 Å². The van der Waals surface area contributed by atoms with E-state index in [0.717, 1.165) is 0 Å². The molecule has 0 amide bonds. The monoisotopic (exact) mass is 197 g/mol. The summed E-state index contributed by atoms with van der Waals surface area (Å²) < 4.78 is 9.45. The predicted octanol–water partition coefficient (Wildman–Crippen LogP) is 0.972. The van der Waals surface area contributed by atoms with Crippen molar-refractivity contribution in [2.75, 3.05) is 13.7 Å². The van der Waals surface area contributed by atoms with Crippen LogP contribution in [0, 0.1) is 0 Å². The summed E-state index contributed by atoms with van der Waals surface area (Å²) >= 11 is 0. The van der Waals surface area contributed by atoms with Gasteiger partial charge < -0.3 is 14.6 Å². The van der Waals surface area contributed by atoms with Crippen LogP contribution in [0.4, 0.5) is 0 Å². The number of carbonyl (C=O) groups excluding carboxylic acids is 1. The van der Waals surface area contributed by atoms with Crippen molar-refractivity contribution in [3.63, 3.8) is 0 Å². The Morgan fingerprint density at radius 2 is 2.36 bits per heavy atom. The van der Waals surface area contributed by atoms with Gasteiger partial charge >= 0.3 is 5.97 Å². The third-order valence-electron chi connectivity index (χ3n) is 1.54. The quantitative estimate of drug-likeness (QED) is 0.731. The molecule has 0 aliphatic heterocycles. The van der Waals surface area contributed by atoms with Gasteiger partial charge in [-0.05, 0) is 6.92 Å². The van der Waals surface area contributed by atoms with E-state index in [1.54, 1.807) is 6.92 Å². The van der Waals surface area contributed by atoms with Crippen LogP contribution in [0.5, 0.6) is 11.6 Å². The smallest absolute Gasteiger partial charge is 0.339 e. The number of ether oxygens (including phenoxy) is 2. The number of methoxy groups -OCH3 is 1. The van der Waals surface area contributed by atoms with Gasteiger partial charge in [0.25, 0.3) is 5.88 Å². The highest BCUT2D eigenvalue weighted by Crippen LogP contribution is 2.23. The van der Waals surface area contributed by atoms with Gasteiger partial charge in [0.1, 0.15) is 0 Å². The Labute approximate surface area is 81.3 Å². The molecule has 0 spiro atoms. The minimum Gasteiger partial charge on any atom is -0.503 e. The topological polar surface area (TPSA) is 68.7 Å². The third kappa shape index (κ3) is 2.12. The first-order valence-corrected chi connectivity index (χ1v) is 4.09. The van der Waals surface area contributed by atoms with Gasteiger partial charge in [0.2, 0.25) is 0 Å². The zero-order valence-electron chi connectivity index (χ0n) is 7.98. The van der Waals surface area contributed by atoms with Gasteiger partial charge in [-0.2, -0.15) is 0 Å². The Kier molecular flexibility index (Phi) is 3.28. The molecule has 0 atom stereocenters. The summed E-state index contributed by atoms with van der Waals surface area (Å²) in [6, 6.07) is 1.25. The third-order valence-corrected chi connectivity index (χ3v) is 1.54. The first kappa shape index (κ1) is 10.3. The van der Waals surface area contributed by atoms with Crippen molar-refractivity contribution in [2.45, 2.75) is 6.92 Å². The van der Waals surface area contributed by atoms with Crippen LogP contribution in [0.25, 0.3) is 0 Å². The van der Waals surface area contributed by atoms with Gasteiger partial charge in [0, 0.05) is 12.3 Å². The van der Waals surface area contributed by atoms with E-state index in [-0.39, 0.29) is 23.8 Å². The number of carbonyl (C=O) groups is 1. The van der Waals surface area contributed by atoms with Crippen LogP contribution in [0.3, 0.4) is 0 Å². The molecule has 0 radical (unpaired) electrons. The molecule has 0 bridgehead atoms. The van der Waals surface area contributed by atoms with E-state index in [1.165, 1.54) is 19.4 Å². The van der Waals surface area contributed by atoms with E-state index in [2.05, 4.69) is 4.98 Å². The Morgan fingerprint density at radius 1 is 1.64 bits per heavy atom. The van der Waals surface area contributed by atoms with E-state index in [4.69, 9.17) is 9.47 Å². The number of aromatic nitrogens is 1. The van der Waals surface area contributed by atoms with Crippen molar-refractivity contribution in [1.82, 2.24) is 4.98 Å². The summed E-state index contributed by atoms with van der Waals surface area (Å²) in [6.07, 6.45) is 1.29. The summed E-state index contributed by atoms with van der Waals surface area (Å²) in [4.78, 5) is 14.9. The molecular weight excluding hydrogens is 186 g/mol. The summed E-state index contributed by atoms with van der Waals surface area (Å²) in [5.74, 6) is -0.617. The number of esters is 1. The fourth-order valence-corrected chi connectivity index (χ4v) is 0.924. The maximum Gasteiger partial charge on any atom is 0.339 e. The lowest BCUT2D eigenvalue weighted by Crippen LogP contribution is -2.05. The van der Waals surface area contributed by atoms with E-state index in [9.17, 15) is 9.90 Å². The van der Waals surface area contributed by atoms with Gasteiger partial charge in [-0.1, -0.05) is 0 Å². The van der Waals surface area contributed by atoms with E-state index < -0.39 is 5.97 Å². The number of hydrogen-bond acceptors (Lipinski definition) is 5. The Balaban J connectivity index is 2.91. The number of hydrogen-bond donors (Lipinski definition) is 1. The lowest BCUT2D eigenvalue weighted by molar-refractivity contribution is 0.0525. The van der Waals surface area contributed by atoms with E-state index >= 15 is 0 Å². The van der Waals surface area contributed by atoms with Gasteiger partial charge in [0.05, 0.1) is 19.3 Å².